The van der Waals surface area contributed by atoms with Crippen LogP contribution in [0, 0.1) is 0 Å². The SMILES string of the molecule is CCCCCCCCCCCCCCCCCN1C(=O)c2ccccc2C1=O. The van der Waals surface area contributed by atoms with Crippen LogP contribution in [0.5, 0.6) is 0 Å². The lowest BCUT2D eigenvalue weighted by Crippen LogP contribution is -2.30. The Hall–Kier alpha value is -1.64. The molecule has 0 radical (unpaired) electrons. The molecule has 0 N–H and O–H groups in total. The van der Waals surface area contributed by atoms with Crippen LogP contribution in [0.4, 0.5) is 0 Å². The zero-order valence-electron chi connectivity index (χ0n) is 17.9. The molecule has 0 aliphatic carbocycles. The molecule has 1 aliphatic rings. The van der Waals surface area contributed by atoms with E-state index in [-0.39, 0.29) is 11.8 Å². The molecule has 0 bridgehead atoms. The molecule has 28 heavy (non-hydrogen) atoms. The summed E-state index contributed by atoms with van der Waals surface area (Å²) >= 11 is 0. The van der Waals surface area contributed by atoms with E-state index in [4.69, 9.17) is 0 Å². The van der Waals surface area contributed by atoms with E-state index in [1.54, 1.807) is 12.1 Å². The fraction of sp³-hybridized carbons (Fsp3) is 0.680. The summed E-state index contributed by atoms with van der Waals surface area (Å²) in [5, 5.41) is 0. The van der Waals surface area contributed by atoms with Crippen LogP contribution in [0.2, 0.25) is 0 Å². The molecule has 2 amide bonds. The molecular formula is C25H39NO2. The highest BCUT2D eigenvalue weighted by Gasteiger charge is 2.34. The smallest absolute Gasteiger partial charge is 0.261 e. The fourth-order valence-corrected chi connectivity index (χ4v) is 4.08. The second kappa shape index (κ2) is 13.5. The largest absolute Gasteiger partial charge is 0.274 e. The number of carbonyl (C=O) groups excluding carboxylic acids is 2. The minimum Gasteiger partial charge on any atom is -0.274 e. The van der Waals surface area contributed by atoms with Gasteiger partial charge in [0.25, 0.3) is 11.8 Å². The van der Waals surface area contributed by atoms with Crippen LogP contribution < -0.4 is 0 Å². The first-order valence-corrected chi connectivity index (χ1v) is 11.7. The van der Waals surface area contributed by atoms with E-state index in [9.17, 15) is 9.59 Å². The summed E-state index contributed by atoms with van der Waals surface area (Å²) in [5.74, 6) is -0.239. The third kappa shape index (κ3) is 7.41. The van der Waals surface area contributed by atoms with Gasteiger partial charge in [-0.05, 0) is 18.6 Å². The molecule has 0 saturated carbocycles. The summed E-state index contributed by atoms with van der Waals surface area (Å²) in [4.78, 5) is 26.0. The van der Waals surface area contributed by atoms with Crippen molar-refractivity contribution >= 4 is 11.8 Å². The van der Waals surface area contributed by atoms with Crippen LogP contribution in [0.25, 0.3) is 0 Å². The van der Waals surface area contributed by atoms with Gasteiger partial charge >= 0.3 is 0 Å². The number of nitrogens with zero attached hydrogens (tertiary/aromatic N) is 1. The van der Waals surface area contributed by atoms with Crippen molar-refractivity contribution < 1.29 is 9.59 Å². The topological polar surface area (TPSA) is 37.4 Å². The summed E-state index contributed by atoms with van der Waals surface area (Å²) in [6.07, 6.45) is 19.8. The van der Waals surface area contributed by atoms with Gasteiger partial charge in [-0.2, -0.15) is 0 Å². The first-order chi connectivity index (χ1) is 13.8. The van der Waals surface area contributed by atoms with Crippen molar-refractivity contribution in [1.29, 1.82) is 0 Å². The number of hydrogen-bond donors (Lipinski definition) is 0. The Morgan fingerprint density at radius 3 is 1.32 bits per heavy atom. The molecule has 1 heterocycles. The Kier molecular flexibility index (Phi) is 10.9. The minimum atomic E-state index is -0.119. The second-order valence-electron chi connectivity index (χ2n) is 8.26. The number of amides is 2. The number of imide groups is 1. The Morgan fingerprint density at radius 1 is 0.571 bits per heavy atom. The Labute approximate surface area is 171 Å². The van der Waals surface area contributed by atoms with Gasteiger partial charge in [0, 0.05) is 6.54 Å². The van der Waals surface area contributed by atoms with Crippen molar-refractivity contribution in [3.8, 4) is 0 Å². The molecule has 1 aromatic carbocycles. The zero-order chi connectivity index (χ0) is 20.0. The molecule has 0 fully saturated rings. The molecule has 0 atom stereocenters. The number of benzene rings is 1. The first kappa shape index (κ1) is 22.6. The average Bonchev–Trinajstić information content (AvgIpc) is 2.96. The average molecular weight is 386 g/mol. The van der Waals surface area contributed by atoms with Crippen LogP contribution in [-0.4, -0.2) is 23.3 Å². The molecule has 3 heteroatoms. The molecular weight excluding hydrogens is 346 g/mol. The van der Waals surface area contributed by atoms with Crippen molar-refractivity contribution in [3.63, 3.8) is 0 Å². The van der Waals surface area contributed by atoms with E-state index in [1.807, 2.05) is 12.1 Å². The number of carbonyl (C=O) groups is 2. The van der Waals surface area contributed by atoms with Crippen LogP contribution in [0.1, 0.15) is 124 Å². The van der Waals surface area contributed by atoms with E-state index < -0.39 is 0 Å². The van der Waals surface area contributed by atoms with E-state index in [1.165, 1.54) is 88.4 Å². The van der Waals surface area contributed by atoms with Gasteiger partial charge in [-0.1, -0.05) is 109 Å². The molecule has 0 unspecified atom stereocenters. The normalized spacial score (nSPS) is 13.4. The Bertz CT molecular complexity index is 561. The maximum atomic E-state index is 12.3. The van der Waals surface area contributed by atoms with Crippen LogP contribution in [0.15, 0.2) is 24.3 Å². The van der Waals surface area contributed by atoms with E-state index >= 15 is 0 Å². The maximum Gasteiger partial charge on any atom is 0.261 e. The van der Waals surface area contributed by atoms with Gasteiger partial charge in [-0.3, -0.25) is 14.5 Å². The number of rotatable bonds is 16. The quantitative estimate of drug-likeness (QED) is 0.224. The monoisotopic (exact) mass is 385 g/mol. The van der Waals surface area contributed by atoms with E-state index in [0.717, 1.165) is 12.8 Å². The van der Waals surface area contributed by atoms with Gasteiger partial charge in [-0.15, -0.1) is 0 Å². The Morgan fingerprint density at radius 2 is 0.929 bits per heavy atom. The van der Waals surface area contributed by atoms with Crippen molar-refractivity contribution in [3.05, 3.63) is 35.4 Å². The number of unbranched alkanes of at least 4 members (excludes halogenated alkanes) is 14. The van der Waals surface area contributed by atoms with Crippen molar-refractivity contribution in [2.75, 3.05) is 6.54 Å². The van der Waals surface area contributed by atoms with Crippen LogP contribution in [-0.2, 0) is 0 Å². The van der Waals surface area contributed by atoms with Crippen molar-refractivity contribution in [2.24, 2.45) is 0 Å². The second-order valence-corrected chi connectivity index (χ2v) is 8.26. The molecule has 156 valence electrons. The first-order valence-electron chi connectivity index (χ1n) is 11.7. The van der Waals surface area contributed by atoms with E-state index in [0.29, 0.717) is 17.7 Å². The summed E-state index contributed by atoms with van der Waals surface area (Å²) in [7, 11) is 0. The number of fused-ring (bicyclic) bond motifs is 1. The molecule has 1 aliphatic heterocycles. The third-order valence-corrected chi connectivity index (χ3v) is 5.86. The highest BCUT2D eigenvalue weighted by atomic mass is 16.2. The van der Waals surface area contributed by atoms with Crippen molar-refractivity contribution in [2.45, 2.75) is 103 Å². The molecule has 0 aromatic heterocycles. The summed E-state index contributed by atoms with van der Waals surface area (Å²) in [6.45, 7) is 2.83. The van der Waals surface area contributed by atoms with Crippen LogP contribution in [0.3, 0.4) is 0 Å². The predicted octanol–water partition coefficient (Wildman–Crippen LogP) is 7.15. The molecule has 2 rings (SSSR count). The standard InChI is InChI=1S/C25H39NO2/c1-2-3-4-5-6-7-8-9-10-11-12-13-14-15-18-21-26-24(27)22-19-16-17-20-23(22)25(26)28/h16-17,19-20H,2-15,18,21H2,1H3. The van der Waals surface area contributed by atoms with Gasteiger partial charge in [0.05, 0.1) is 11.1 Å². The lowest BCUT2D eigenvalue weighted by molar-refractivity contribution is 0.0651. The molecule has 0 saturated heterocycles. The van der Waals surface area contributed by atoms with E-state index in [2.05, 4.69) is 6.92 Å². The van der Waals surface area contributed by atoms with Gasteiger partial charge in [0.1, 0.15) is 0 Å². The van der Waals surface area contributed by atoms with Gasteiger partial charge in [0.2, 0.25) is 0 Å². The highest BCUT2D eigenvalue weighted by molar-refractivity contribution is 6.21. The van der Waals surface area contributed by atoms with Gasteiger partial charge < -0.3 is 0 Å². The summed E-state index contributed by atoms with van der Waals surface area (Å²) < 4.78 is 0. The third-order valence-electron chi connectivity index (χ3n) is 5.86. The predicted molar refractivity (Wildman–Crippen MR) is 117 cm³/mol. The van der Waals surface area contributed by atoms with Gasteiger partial charge in [0.15, 0.2) is 0 Å². The lowest BCUT2D eigenvalue weighted by Gasteiger charge is -2.13. The summed E-state index contributed by atoms with van der Waals surface area (Å²) in [6, 6.07) is 7.15. The molecule has 3 nitrogen and oxygen atoms in total. The minimum absolute atomic E-state index is 0.119. The maximum absolute atomic E-state index is 12.3. The lowest BCUT2D eigenvalue weighted by atomic mass is 10.0. The number of hydrogen-bond acceptors (Lipinski definition) is 2. The fourth-order valence-electron chi connectivity index (χ4n) is 4.08. The Balaban J connectivity index is 1.40. The molecule has 1 aromatic rings. The van der Waals surface area contributed by atoms with Crippen molar-refractivity contribution in [1.82, 2.24) is 4.90 Å². The molecule has 0 spiro atoms. The van der Waals surface area contributed by atoms with Gasteiger partial charge in [-0.25, -0.2) is 0 Å². The zero-order valence-corrected chi connectivity index (χ0v) is 17.9. The van der Waals surface area contributed by atoms with Crippen LogP contribution >= 0.6 is 0 Å². The highest BCUT2D eigenvalue weighted by Crippen LogP contribution is 2.23. The summed E-state index contributed by atoms with van der Waals surface area (Å²) in [5.41, 5.74) is 1.13.